The number of aromatic carboxylic acids is 1. The third-order valence-corrected chi connectivity index (χ3v) is 3.34. The van der Waals surface area contributed by atoms with E-state index in [4.69, 9.17) is 10.8 Å². The highest BCUT2D eigenvalue weighted by molar-refractivity contribution is 6.05. The first-order chi connectivity index (χ1) is 8.16. The molecule has 18 heavy (non-hydrogen) atoms. The third-order valence-electron chi connectivity index (χ3n) is 3.34. The Bertz CT molecular complexity index is 486. The van der Waals surface area contributed by atoms with Crippen LogP contribution in [-0.2, 0) is 0 Å². The van der Waals surface area contributed by atoms with E-state index in [0.717, 1.165) is 0 Å². The highest BCUT2D eigenvalue weighted by Crippen LogP contribution is 2.36. The van der Waals surface area contributed by atoms with Crippen LogP contribution in [0.4, 0.5) is 0 Å². The van der Waals surface area contributed by atoms with Gasteiger partial charge in [0, 0.05) is 0 Å². The number of carbonyl (C=O) groups excluding carboxylic acids is 1. The number of hydrogen-bond acceptors (Lipinski definition) is 2. The van der Waals surface area contributed by atoms with Crippen molar-refractivity contribution >= 4 is 11.9 Å². The van der Waals surface area contributed by atoms with Crippen LogP contribution in [0.3, 0.4) is 0 Å². The zero-order chi connectivity index (χ0) is 14.1. The van der Waals surface area contributed by atoms with Crippen LogP contribution in [0.25, 0.3) is 0 Å². The van der Waals surface area contributed by atoms with E-state index in [1.54, 1.807) is 12.1 Å². The van der Waals surface area contributed by atoms with Crippen LogP contribution in [0.2, 0.25) is 0 Å². The molecular formula is C14H19NO3. The van der Waals surface area contributed by atoms with E-state index in [0.29, 0.717) is 5.56 Å². The Morgan fingerprint density at radius 1 is 1.28 bits per heavy atom. The van der Waals surface area contributed by atoms with E-state index < -0.39 is 11.9 Å². The lowest BCUT2D eigenvalue weighted by molar-refractivity contribution is 0.0691. The van der Waals surface area contributed by atoms with E-state index >= 15 is 0 Å². The lowest BCUT2D eigenvalue weighted by atomic mass is 9.75. The second-order valence-corrected chi connectivity index (χ2v) is 5.53. The molecule has 0 aliphatic heterocycles. The van der Waals surface area contributed by atoms with Crippen molar-refractivity contribution in [2.75, 3.05) is 0 Å². The molecule has 1 aromatic rings. The standard InChI is InChI=1S/C14H19NO3/c1-8(14(2,3)4)9-6-5-7-10(13(17)18)11(9)12(15)16/h5-8H,1-4H3,(H2,15,16)(H,17,18). The molecule has 0 aliphatic rings. The summed E-state index contributed by atoms with van der Waals surface area (Å²) in [6.45, 7) is 8.08. The quantitative estimate of drug-likeness (QED) is 0.864. The fourth-order valence-electron chi connectivity index (χ4n) is 1.85. The normalized spacial score (nSPS) is 13.1. The molecule has 0 fully saturated rings. The van der Waals surface area contributed by atoms with E-state index in [-0.39, 0.29) is 22.5 Å². The van der Waals surface area contributed by atoms with Gasteiger partial charge >= 0.3 is 5.97 Å². The van der Waals surface area contributed by atoms with Gasteiger partial charge in [0.2, 0.25) is 5.91 Å². The number of hydrogen-bond donors (Lipinski definition) is 2. The highest BCUT2D eigenvalue weighted by atomic mass is 16.4. The Hall–Kier alpha value is -1.84. The molecule has 0 spiro atoms. The summed E-state index contributed by atoms with van der Waals surface area (Å²) in [4.78, 5) is 22.7. The first kappa shape index (κ1) is 14.2. The lowest BCUT2D eigenvalue weighted by Gasteiger charge is -2.29. The average molecular weight is 249 g/mol. The van der Waals surface area contributed by atoms with Crippen LogP contribution < -0.4 is 5.73 Å². The Balaban J connectivity index is 3.50. The summed E-state index contributed by atoms with van der Waals surface area (Å²) in [5, 5.41) is 9.12. The van der Waals surface area contributed by atoms with E-state index in [9.17, 15) is 9.59 Å². The van der Waals surface area contributed by atoms with Gasteiger partial charge in [0.1, 0.15) is 0 Å². The number of amides is 1. The molecule has 4 nitrogen and oxygen atoms in total. The van der Waals surface area contributed by atoms with Gasteiger partial charge < -0.3 is 10.8 Å². The van der Waals surface area contributed by atoms with Gasteiger partial charge in [-0.15, -0.1) is 0 Å². The summed E-state index contributed by atoms with van der Waals surface area (Å²) in [5.41, 5.74) is 6.03. The van der Waals surface area contributed by atoms with Crippen molar-refractivity contribution < 1.29 is 14.7 Å². The largest absolute Gasteiger partial charge is 0.478 e. The number of benzene rings is 1. The molecule has 1 rings (SSSR count). The van der Waals surface area contributed by atoms with Crippen LogP contribution >= 0.6 is 0 Å². The van der Waals surface area contributed by atoms with E-state index in [2.05, 4.69) is 0 Å². The second-order valence-electron chi connectivity index (χ2n) is 5.53. The Morgan fingerprint density at radius 2 is 1.83 bits per heavy atom. The fourth-order valence-corrected chi connectivity index (χ4v) is 1.85. The predicted molar refractivity (Wildman–Crippen MR) is 69.8 cm³/mol. The molecule has 0 aliphatic carbocycles. The molecule has 0 saturated heterocycles. The minimum atomic E-state index is -1.13. The zero-order valence-corrected chi connectivity index (χ0v) is 11.2. The molecule has 1 unspecified atom stereocenters. The van der Waals surface area contributed by atoms with Gasteiger partial charge in [-0.05, 0) is 23.0 Å². The SMILES string of the molecule is CC(c1cccc(C(=O)O)c1C(N)=O)C(C)(C)C. The first-order valence-electron chi connectivity index (χ1n) is 5.82. The van der Waals surface area contributed by atoms with Gasteiger partial charge in [-0.3, -0.25) is 4.79 Å². The summed E-state index contributed by atoms with van der Waals surface area (Å²) in [6, 6.07) is 4.82. The monoisotopic (exact) mass is 249 g/mol. The van der Waals surface area contributed by atoms with Crippen LogP contribution in [0.5, 0.6) is 0 Å². The van der Waals surface area contributed by atoms with Gasteiger partial charge in [-0.2, -0.15) is 0 Å². The summed E-state index contributed by atoms with van der Waals surface area (Å²) < 4.78 is 0. The van der Waals surface area contributed by atoms with Crippen molar-refractivity contribution in [2.24, 2.45) is 11.1 Å². The van der Waals surface area contributed by atoms with Crippen LogP contribution in [0.15, 0.2) is 18.2 Å². The molecule has 98 valence electrons. The molecule has 4 heteroatoms. The van der Waals surface area contributed by atoms with Crippen molar-refractivity contribution in [3.63, 3.8) is 0 Å². The van der Waals surface area contributed by atoms with Gasteiger partial charge in [0.15, 0.2) is 0 Å². The van der Waals surface area contributed by atoms with E-state index in [1.165, 1.54) is 6.07 Å². The molecule has 0 heterocycles. The summed E-state index contributed by atoms with van der Waals surface area (Å²) >= 11 is 0. The number of nitrogens with two attached hydrogens (primary N) is 1. The zero-order valence-electron chi connectivity index (χ0n) is 11.2. The second kappa shape index (κ2) is 4.80. The Kier molecular flexibility index (Phi) is 3.79. The summed E-state index contributed by atoms with van der Waals surface area (Å²) in [7, 11) is 0. The minimum absolute atomic E-state index is 0.0271. The lowest BCUT2D eigenvalue weighted by Crippen LogP contribution is -2.23. The topological polar surface area (TPSA) is 80.4 Å². The third kappa shape index (κ3) is 2.70. The van der Waals surface area contributed by atoms with Gasteiger partial charge in [-0.1, -0.05) is 39.8 Å². The Labute approximate surface area is 107 Å². The molecule has 0 aromatic heterocycles. The fraction of sp³-hybridized carbons (Fsp3) is 0.429. The van der Waals surface area contributed by atoms with Crippen molar-refractivity contribution in [3.05, 3.63) is 34.9 Å². The molecule has 0 bridgehead atoms. The molecule has 3 N–H and O–H groups in total. The maximum Gasteiger partial charge on any atom is 0.336 e. The molecule has 1 atom stereocenters. The van der Waals surface area contributed by atoms with Crippen molar-refractivity contribution in [1.29, 1.82) is 0 Å². The highest BCUT2D eigenvalue weighted by Gasteiger charge is 2.28. The number of primary amides is 1. The predicted octanol–water partition coefficient (Wildman–Crippen LogP) is 2.63. The van der Waals surface area contributed by atoms with E-state index in [1.807, 2.05) is 27.7 Å². The molecule has 0 radical (unpaired) electrons. The van der Waals surface area contributed by atoms with Gasteiger partial charge in [0.25, 0.3) is 0 Å². The van der Waals surface area contributed by atoms with Gasteiger partial charge in [-0.25, -0.2) is 4.79 Å². The number of carboxylic acid groups (broad SMARTS) is 1. The number of rotatable bonds is 3. The number of carboxylic acids is 1. The minimum Gasteiger partial charge on any atom is -0.478 e. The van der Waals surface area contributed by atoms with Crippen LogP contribution in [-0.4, -0.2) is 17.0 Å². The van der Waals surface area contributed by atoms with Gasteiger partial charge in [0.05, 0.1) is 11.1 Å². The maximum absolute atomic E-state index is 11.5. The summed E-state index contributed by atoms with van der Waals surface area (Å²) in [5.74, 6) is -1.80. The maximum atomic E-state index is 11.5. The molecule has 1 aromatic carbocycles. The van der Waals surface area contributed by atoms with Crippen LogP contribution in [0.1, 0.15) is 59.9 Å². The summed E-state index contributed by atoms with van der Waals surface area (Å²) in [6.07, 6.45) is 0. The van der Waals surface area contributed by atoms with Crippen LogP contribution in [0, 0.1) is 5.41 Å². The first-order valence-corrected chi connectivity index (χ1v) is 5.82. The molecule has 0 saturated carbocycles. The van der Waals surface area contributed by atoms with Crippen molar-refractivity contribution in [2.45, 2.75) is 33.6 Å². The van der Waals surface area contributed by atoms with Crippen molar-refractivity contribution in [1.82, 2.24) is 0 Å². The average Bonchev–Trinajstić information content (AvgIpc) is 2.25. The van der Waals surface area contributed by atoms with Crippen molar-refractivity contribution in [3.8, 4) is 0 Å². The smallest absolute Gasteiger partial charge is 0.336 e. The Morgan fingerprint density at radius 3 is 2.22 bits per heavy atom. The number of carbonyl (C=O) groups is 2. The molecular weight excluding hydrogens is 230 g/mol. The molecule has 1 amide bonds.